The van der Waals surface area contributed by atoms with Crippen LogP contribution in [-0.2, 0) is 23.0 Å². The molecule has 1 aromatic heterocycles. The monoisotopic (exact) mass is 500 g/mol. The summed E-state index contributed by atoms with van der Waals surface area (Å²) in [5.74, 6) is 1.06. The molecule has 1 unspecified atom stereocenters. The van der Waals surface area contributed by atoms with Crippen LogP contribution in [0.25, 0.3) is 0 Å². The Hall–Kier alpha value is -2.82. The summed E-state index contributed by atoms with van der Waals surface area (Å²) in [4.78, 5) is 13.0. The zero-order valence-electron chi connectivity index (χ0n) is 21.2. The number of aryl methyl sites for hydroxylation is 2. The van der Waals surface area contributed by atoms with E-state index in [4.69, 9.17) is 5.73 Å². The molecule has 10 heteroatoms. The zero-order valence-corrected chi connectivity index (χ0v) is 22.0. The number of benzene rings is 1. The summed E-state index contributed by atoms with van der Waals surface area (Å²) >= 11 is 0. The Balaban J connectivity index is 1.61. The van der Waals surface area contributed by atoms with E-state index in [0.717, 1.165) is 66.9 Å². The van der Waals surface area contributed by atoms with Crippen molar-refractivity contribution in [1.82, 2.24) is 14.7 Å². The molecule has 190 valence electrons. The lowest BCUT2D eigenvalue weighted by Gasteiger charge is -2.22. The smallest absolute Gasteiger partial charge is 0.263 e. The third kappa shape index (κ3) is 7.33. The molecule has 0 aliphatic carbocycles. The fourth-order valence-corrected chi connectivity index (χ4v) is 5.12. The molecule has 1 aliphatic rings. The van der Waals surface area contributed by atoms with Crippen LogP contribution in [0, 0.1) is 13.8 Å². The van der Waals surface area contributed by atoms with Crippen LogP contribution >= 0.6 is 0 Å². The average Bonchev–Trinajstić information content (AvgIpc) is 3.21. The molecule has 35 heavy (non-hydrogen) atoms. The number of hydrogen-bond acceptors (Lipinski definition) is 7. The van der Waals surface area contributed by atoms with Gasteiger partial charge in [-0.05, 0) is 37.8 Å². The lowest BCUT2D eigenvalue weighted by Crippen LogP contribution is -2.36. The van der Waals surface area contributed by atoms with Crippen LogP contribution in [-0.4, -0.2) is 49.3 Å². The molecule has 0 bridgehead atoms. The van der Waals surface area contributed by atoms with Crippen molar-refractivity contribution >= 4 is 28.1 Å². The van der Waals surface area contributed by atoms with Crippen molar-refractivity contribution in [2.45, 2.75) is 59.4 Å². The minimum absolute atomic E-state index is 0.0545. The Labute approximate surface area is 209 Å². The Kier molecular flexibility index (Phi) is 8.98. The van der Waals surface area contributed by atoms with E-state index < -0.39 is 10.0 Å². The number of anilines is 2. The first-order chi connectivity index (χ1) is 16.6. The molecule has 3 rings (SSSR count). The van der Waals surface area contributed by atoms with Gasteiger partial charge in [0.05, 0.1) is 13.6 Å². The van der Waals surface area contributed by atoms with Gasteiger partial charge in [0.1, 0.15) is 12.0 Å². The number of aliphatic imine (C=N–C) groups is 1. The van der Waals surface area contributed by atoms with E-state index in [1.807, 2.05) is 45.2 Å². The van der Waals surface area contributed by atoms with Crippen molar-refractivity contribution in [3.63, 3.8) is 0 Å². The number of nitrogen functional groups attached to an aromatic ring is 1. The third-order valence-corrected chi connectivity index (χ3v) is 7.50. The Bertz CT molecular complexity index is 1190. The molecule has 4 N–H and O–H groups in total. The van der Waals surface area contributed by atoms with Crippen molar-refractivity contribution in [1.29, 1.82) is 0 Å². The number of nitrogens with one attached hydrogen (secondary N) is 2. The molecule has 1 aliphatic heterocycles. The Morgan fingerprint density at radius 1 is 1.09 bits per heavy atom. The quantitative estimate of drug-likeness (QED) is 0.285. The second-order valence-corrected chi connectivity index (χ2v) is 11.0. The molecular formula is C25H38N7O2S+. The second-order valence-electron chi connectivity index (χ2n) is 9.27. The molecule has 0 fully saturated rings. The fraction of sp³-hybridized carbons (Fsp3) is 0.480. The van der Waals surface area contributed by atoms with E-state index in [0.29, 0.717) is 11.0 Å². The number of quaternary nitrogens is 1. The van der Waals surface area contributed by atoms with Gasteiger partial charge in [0.2, 0.25) is 11.0 Å². The van der Waals surface area contributed by atoms with E-state index >= 15 is 0 Å². The molecule has 0 saturated heterocycles. The van der Waals surface area contributed by atoms with Crippen LogP contribution in [0.1, 0.15) is 55.0 Å². The molecule has 2 aromatic rings. The number of sulfonamides is 1. The van der Waals surface area contributed by atoms with Crippen LogP contribution in [0.4, 0.5) is 11.8 Å². The molecule has 0 spiro atoms. The SMILES string of the molecule is CCCCCNc1nc(N)nc(C)c1CCC[N+]1(C)C=NC(S(=O)(=O)NCc2ccccc2C)=C1. The second kappa shape index (κ2) is 11.7. The number of aromatic nitrogens is 2. The van der Waals surface area contributed by atoms with Gasteiger partial charge < -0.3 is 11.1 Å². The highest BCUT2D eigenvalue weighted by atomic mass is 32.2. The molecule has 9 nitrogen and oxygen atoms in total. The minimum atomic E-state index is -3.70. The highest BCUT2D eigenvalue weighted by Crippen LogP contribution is 2.23. The molecule has 0 saturated carbocycles. The number of unbranched alkanes of at least 4 members (excludes halogenated alkanes) is 2. The van der Waals surface area contributed by atoms with E-state index in [9.17, 15) is 8.42 Å². The molecule has 0 amide bonds. The van der Waals surface area contributed by atoms with E-state index in [2.05, 4.69) is 31.9 Å². The first-order valence-corrected chi connectivity index (χ1v) is 13.7. The van der Waals surface area contributed by atoms with Gasteiger partial charge in [0, 0.05) is 30.8 Å². The number of nitrogens with two attached hydrogens (primary N) is 1. The van der Waals surface area contributed by atoms with Gasteiger partial charge in [0.25, 0.3) is 10.0 Å². The molecule has 2 heterocycles. The predicted molar refractivity (Wildman–Crippen MR) is 142 cm³/mol. The Morgan fingerprint density at radius 3 is 2.60 bits per heavy atom. The lowest BCUT2D eigenvalue weighted by molar-refractivity contribution is -0.756. The van der Waals surface area contributed by atoms with E-state index in [-0.39, 0.29) is 17.5 Å². The highest BCUT2D eigenvalue weighted by Gasteiger charge is 2.31. The van der Waals surface area contributed by atoms with Crippen molar-refractivity contribution in [3.05, 3.63) is 57.9 Å². The summed E-state index contributed by atoms with van der Waals surface area (Å²) in [5, 5.41) is 3.47. The maximum atomic E-state index is 12.8. The first kappa shape index (κ1) is 26.8. The van der Waals surface area contributed by atoms with Gasteiger partial charge in [-0.25, -0.2) is 18.1 Å². The average molecular weight is 501 g/mol. The molecular weight excluding hydrogens is 462 g/mol. The number of nitrogens with zero attached hydrogens (tertiary/aromatic N) is 4. The van der Waals surface area contributed by atoms with Crippen LogP contribution in [0.2, 0.25) is 0 Å². The highest BCUT2D eigenvalue weighted by molar-refractivity contribution is 7.93. The van der Waals surface area contributed by atoms with Crippen LogP contribution < -0.4 is 15.8 Å². The summed E-state index contributed by atoms with van der Waals surface area (Å²) in [6.45, 7) is 7.86. The van der Waals surface area contributed by atoms with Crippen LogP contribution in [0.5, 0.6) is 0 Å². The van der Waals surface area contributed by atoms with Gasteiger partial charge in [-0.3, -0.25) is 4.48 Å². The minimum Gasteiger partial charge on any atom is -0.370 e. The number of hydrogen-bond donors (Lipinski definition) is 3. The maximum Gasteiger partial charge on any atom is 0.263 e. The van der Waals surface area contributed by atoms with Crippen molar-refractivity contribution in [2.75, 3.05) is 31.2 Å². The lowest BCUT2D eigenvalue weighted by atomic mass is 10.1. The Morgan fingerprint density at radius 2 is 1.86 bits per heavy atom. The molecule has 1 atom stereocenters. The van der Waals surface area contributed by atoms with Gasteiger partial charge in [-0.2, -0.15) is 9.98 Å². The third-order valence-electron chi connectivity index (χ3n) is 6.21. The fourth-order valence-electron chi connectivity index (χ4n) is 4.07. The van der Waals surface area contributed by atoms with E-state index in [1.165, 1.54) is 0 Å². The largest absolute Gasteiger partial charge is 0.370 e. The summed E-state index contributed by atoms with van der Waals surface area (Å²) in [5.41, 5.74) is 9.78. The van der Waals surface area contributed by atoms with Gasteiger partial charge in [0.15, 0.2) is 6.34 Å². The van der Waals surface area contributed by atoms with Crippen molar-refractivity contribution in [2.24, 2.45) is 4.99 Å². The zero-order chi connectivity index (χ0) is 25.5. The van der Waals surface area contributed by atoms with Crippen LogP contribution in [0.3, 0.4) is 0 Å². The topological polar surface area (TPSA) is 122 Å². The summed E-state index contributed by atoms with van der Waals surface area (Å²) in [6, 6.07) is 7.71. The number of rotatable bonds is 13. The summed E-state index contributed by atoms with van der Waals surface area (Å²) < 4.78 is 28.6. The normalized spacial score (nSPS) is 17.5. The molecule has 1 aromatic carbocycles. The van der Waals surface area contributed by atoms with E-state index in [1.54, 1.807) is 12.5 Å². The van der Waals surface area contributed by atoms with Crippen molar-refractivity contribution in [3.8, 4) is 0 Å². The van der Waals surface area contributed by atoms with Crippen LogP contribution in [0.15, 0.2) is 40.5 Å². The van der Waals surface area contributed by atoms with Gasteiger partial charge >= 0.3 is 0 Å². The van der Waals surface area contributed by atoms with Gasteiger partial charge in [-0.1, -0.05) is 44.0 Å². The summed E-state index contributed by atoms with van der Waals surface area (Å²) in [6.07, 6.45) is 8.32. The predicted octanol–water partition coefficient (Wildman–Crippen LogP) is 3.62. The standard InChI is InChI=1S/C25H38N7O2S/c1-5-6-9-14-27-24-22(20(3)30-25(26)31-24)13-10-15-32(4)17-23(28-18-32)35(33,34)29-16-21-12-8-7-11-19(21)2/h7-8,11-12,17-18,29H,5-6,9-10,13-16H2,1-4H3,(H3,26,27,30,31)/q+1. The summed E-state index contributed by atoms with van der Waals surface area (Å²) in [7, 11) is -1.75. The van der Waals surface area contributed by atoms with Gasteiger partial charge in [-0.15, -0.1) is 0 Å². The first-order valence-electron chi connectivity index (χ1n) is 12.2. The van der Waals surface area contributed by atoms with Crippen molar-refractivity contribution < 1.29 is 12.9 Å². The molecule has 0 radical (unpaired) electrons. The maximum absolute atomic E-state index is 12.8.